The molecule has 29 heavy (non-hydrogen) atoms. The van der Waals surface area contributed by atoms with Crippen LogP contribution in [0.2, 0.25) is 0 Å². The number of nitrogens with zero attached hydrogens (tertiary/aromatic N) is 5. The minimum atomic E-state index is 0.0323. The van der Waals surface area contributed by atoms with Crippen LogP contribution in [0.3, 0.4) is 0 Å². The van der Waals surface area contributed by atoms with Gasteiger partial charge in [-0.25, -0.2) is 4.68 Å². The standard InChI is InChI=1S/C22H33N5O2/c1-28-19-13-12-17(16-20(19)29-2)21(26-14-8-3-4-9-15-26)22-23-24-25-27(22)18-10-6-5-7-11-18/h12-13,16,18,21H,3-11,14-15H2,1-2H3/t21-/m1/s1. The van der Waals surface area contributed by atoms with Crippen molar-refractivity contribution in [1.29, 1.82) is 0 Å². The molecule has 158 valence electrons. The van der Waals surface area contributed by atoms with E-state index in [0.29, 0.717) is 6.04 Å². The molecule has 0 N–H and O–H groups in total. The number of methoxy groups -OCH3 is 2. The lowest BCUT2D eigenvalue weighted by Crippen LogP contribution is -2.33. The molecule has 2 aromatic rings. The van der Waals surface area contributed by atoms with Crippen molar-refractivity contribution >= 4 is 0 Å². The molecule has 0 amide bonds. The van der Waals surface area contributed by atoms with Crippen molar-refractivity contribution in [3.05, 3.63) is 29.6 Å². The van der Waals surface area contributed by atoms with Gasteiger partial charge in [0, 0.05) is 0 Å². The van der Waals surface area contributed by atoms with Crippen LogP contribution < -0.4 is 9.47 Å². The van der Waals surface area contributed by atoms with Crippen molar-refractivity contribution in [3.8, 4) is 11.5 Å². The Bertz CT molecular complexity index is 779. The van der Waals surface area contributed by atoms with Gasteiger partial charge in [0.25, 0.3) is 0 Å². The van der Waals surface area contributed by atoms with Crippen LogP contribution in [-0.4, -0.2) is 52.4 Å². The maximum Gasteiger partial charge on any atom is 0.173 e. The van der Waals surface area contributed by atoms with Crippen molar-refractivity contribution < 1.29 is 9.47 Å². The molecule has 1 aliphatic heterocycles. The zero-order chi connectivity index (χ0) is 20.1. The highest BCUT2D eigenvalue weighted by Crippen LogP contribution is 2.37. The van der Waals surface area contributed by atoms with Gasteiger partial charge < -0.3 is 9.47 Å². The Morgan fingerprint density at radius 3 is 2.28 bits per heavy atom. The van der Waals surface area contributed by atoms with E-state index < -0.39 is 0 Å². The van der Waals surface area contributed by atoms with Crippen LogP contribution in [0.25, 0.3) is 0 Å². The van der Waals surface area contributed by atoms with Crippen molar-refractivity contribution in [2.45, 2.75) is 69.9 Å². The number of likely N-dealkylation sites (tertiary alicyclic amines) is 1. The third-order valence-electron chi connectivity index (χ3n) is 6.41. The van der Waals surface area contributed by atoms with E-state index in [1.54, 1.807) is 14.2 Å². The molecular weight excluding hydrogens is 366 g/mol. The summed E-state index contributed by atoms with van der Waals surface area (Å²) in [5.41, 5.74) is 1.16. The van der Waals surface area contributed by atoms with Gasteiger partial charge in [0.1, 0.15) is 0 Å². The lowest BCUT2D eigenvalue weighted by molar-refractivity contribution is 0.210. The van der Waals surface area contributed by atoms with Gasteiger partial charge in [0.2, 0.25) is 0 Å². The zero-order valence-electron chi connectivity index (χ0n) is 17.7. The molecule has 0 spiro atoms. The lowest BCUT2D eigenvalue weighted by Gasteiger charge is -2.32. The molecule has 7 heteroatoms. The molecule has 0 unspecified atom stereocenters. The number of benzene rings is 1. The fourth-order valence-electron chi connectivity index (χ4n) is 4.87. The number of hydrogen-bond acceptors (Lipinski definition) is 6. The first kappa shape index (κ1) is 20.1. The summed E-state index contributed by atoms with van der Waals surface area (Å²) in [4.78, 5) is 2.55. The van der Waals surface area contributed by atoms with Crippen LogP contribution >= 0.6 is 0 Å². The van der Waals surface area contributed by atoms with Crippen LogP contribution in [0.1, 0.15) is 81.3 Å². The predicted molar refractivity (Wildman–Crippen MR) is 111 cm³/mol. The summed E-state index contributed by atoms with van der Waals surface area (Å²) in [6.45, 7) is 2.13. The second-order valence-electron chi connectivity index (χ2n) is 8.24. The van der Waals surface area contributed by atoms with E-state index in [4.69, 9.17) is 9.47 Å². The Morgan fingerprint density at radius 2 is 1.59 bits per heavy atom. The Morgan fingerprint density at radius 1 is 0.897 bits per heavy atom. The normalized spacial score (nSPS) is 20.2. The van der Waals surface area contributed by atoms with E-state index in [-0.39, 0.29) is 6.04 Å². The van der Waals surface area contributed by atoms with Crippen LogP contribution in [0.5, 0.6) is 11.5 Å². The average Bonchev–Trinajstić information content (AvgIpc) is 3.09. The van der Waals surface area contributed by atoms with Crippen molar-refractivity contribution in [2.75, 3.05) is 27.3 Å². The number of tetrazole rings is 1. The Kier molecular flexibility index (Phi) is 6.64. The lowest BCUT2D eigenvalue weighted by atomic mass is 9.95. The highest BCUT2D eigenvalue weighted by Gasteiger charge is 2.31. The maximum absolute atomic E-state index is 5.60. The third-order valence-corrected chi connectivity index (χ3v) is 6.41. The molecule has 1 aromatic heterocycles. The molecule has 0 bridgehead atoms. The second-order valence-corrected chi connectivity index (χ2v) is 8.24. The molecule has 0 radical (unpaired) electrons. The van der Waals surface area contributed by atoms with E-state index in [2.05, 4.69) is 37.2 Å². The quantitative estimate of drug-likeness (QED) is 0.727. The summed E-state index contributed by atoms with van der Waals surface area (Å²) in [5.74, 6) is 2.46. The molecule has 2 aliphatic rings. The highest BCUT2D eigenvalue weighted by molar-refractivity contribution is 5.45. The molecule has 2 heterocycles. The van der Waals surface area contributed by atoms with Gasteiger partial charge >= 0.3 is 0 Å². The Labute approximate surface area is 173 Å². The van der Waals surface area contributed by atoms with E-state index >= 15 is 0 Å². The van der Waals surface area contributed by atoms with Crippen molar-refractivity contribution in [2.24, 2.45) is 0 Å². The van der Waals surface area contributed by atoms with E-state index in [1.807, 2.05) is 6.07 Å². The highest BCUT2D eigenvalue weighted by atomic mass is 16.5. The zero-order valence-corrected chi connectivity index (χ0v) is 17.7. The first-order valence-corrected chi connectivity index (χ1v) is 11.1. The minimum Gasteiger partial charge on any atom is -0.493 e. The monoisotopic (exact) mass is 399 g/mol. The van der Waals surface area contributed by atoms with Gasteiger partial charge in [-0.1, -0.05) is 38.2 Å². The molecule has 1 atom stereocenters. The van der Waals surface area contributed by atoms with Gasteiger partial charge in [0.15, 0.2) is 17.3 Å². The van der Waals surface area contributed by atoms with Crippen LogP contribution in [0.15, 0.2) is 18.2 Å². The Balaban J connectivity index is 1.74. The maximum atomic E-state index is 5.60. The summed E-state index contributed by atoms with van der Waals surface area (Å²) in [6.07, 6.45) is 11.2. The first-order chi connectivity index (χ1) is 14.3. The van der Waals surface area contributed by atoms with Gasteiger partial charge in [-0.2, -0.15) is 0 Å². The summed E-state index contributed by atoms with van der Waals surface area (Å²) >= 11 is 0. The van der Waals surface area contributed by atoms with Crippen molar-refractivity contribution in [1.82, 2.24) is 25.1 Å². The molecular formula is C22H33N5O2. The fourth-order valence-corrected chi connectivity index (χ4v) is 4.87. The number of ether oxygens (including phenoxy) is 2. The topological polar surface area (TPSA) is 65.3 Å². The number of rotatable bonds is 6. The van der Waals surface area contributed by atoms with Gasteiger partial charge in [-0.3, -0.25) is 4.90 Å². The number of aromatic nitrogens is 4. The molecule has 1 aromatic carbocycles. The first-order valence-electron chi connectivity index (χ1n) is 11.1. The average molecular weight is 400 g/mol. The van der Waals surface area contributed by atoms with Crippen molar-refractivity contribution in [3.63, 3.8) is 0 Å². The van der Waals surface area contributed by atoms with Gasteiger partial charge in [-0.05, 0) is 66.9 Å². The second kappa shape index (κ2) is 9.57. The molecule has 1 saturated carbocycles. The van der Waals surface area contributed by atoms with Gasteiger partial charge in [-0.15, -0.1) is 5.10 Å². The van der Waals surface area contributed by atoms with Gasteiger partial charge in [0.05, 0.1) is 26.3 Å². The smallest absolute Gasteiger partial charge is 0.173 e. The SMILES string of the molecule is COc1ccc([C@H](c2nnnn2C2CCCCC2)N2CCCCCC2)cc1OC. The molecule has 1 saturated heterocycles. The summed E-state index contributed by atoms with van der Waals surface area (Å²) in [6, 6.07) is 6.66. The van der Waals surface area contributed by atoms with Crippen LogP contribution in [0, 0.1) is 0 Å². The molecule has 7 nitrogen and oxygen atoms in total. The van der Waals surface area contributed by atoms with E-state index in [9.17, 15) is 0 Å². The van der Waals surface area contributed by atoms with E-state index in [1.165, 1.54) is 44.9 Å². The predicted octanol–water partition coefficient (Wildman–Crippen LogP) is 4.16. The molecule has 2 fully saturated rings. The largest absolute Gasteiger partial charge is 0.493 e. The number of hydrogen-bond donors (Lipinski definition) is 0. The third kappa shape index (κ3) is 4.39. The Hall–Kier alpha value is -2.15. The molecule has 4 rings (SSSR count). The summed E-state index contributed by atoms with van der Waals surface area (Å²) in [5, 5.41) is 13.1. The fraction of sp³-hybridized carbons (Fsp3) is 0.682. The van der Waals surface area contributed by atoms with Crippen LogP contribution in [-0.2, 0) is 0 Å². The van der Waals surface area contributed by atoms with E-state index in [0.717, 1.165) is 48.8 Å². The van der Waals surface area contributed by atoms with Crippen LogP contribution in [0.4, 0.5) is 0 Å². The minimum absolute atomic E-state index is 0.0323. The summed E-state index contributed by atoms with van der Waals surface area (Å²) < 4.78 is 13.2. The molecule has 1 aliphatic carbocycles. The summed E-state index contributed by atoms with van der Waals surface area (Å²) in [7, 11) is 3.36.